The van der Waals surface area contributed by atoms with E-state index in [9.17, 15) is 9.90 Å². The van der Waals surface area contributed by atoms with E-state index >= 15 is 0 Å². The minimum atomic E-state index is -0.672. The molecule has 0 aromatic heterocycles. The van der Waals surface area contributed by atoms with Gasteiger partial charge in [-0.3, -0.25) is 4.79 Å². The smallest absolute Gasteiger partial charge is 0.323 e. The maximum atomic E-state index is 11.4. The lowest BCUT2D eigenvalue weighted by atomic mass is 9.81. The van der Waals surface area contributed by atoms with Crippen molar-refractivity contribution < 1.29 is 9.90 Å². The maximum absolute atomic E-state index is 11.4. The Balaban J connectivity index is 2.66. The number of rotatable bonds is 5. The fourth-order valence-corrected chi connectivity index (χ4v) is 3.07. The summed E-state index contributed by atoms with van der Waals surface area (Å²) >= 11 is 1.80. The second-order valence-electron chi connectivity index (χ2n) is 4.27. The van der Waals surface area contributed by atoms with Crippen molar-refractivity contribution in [2.45, 2.75) is 49.8 Å². The highest BCUT2D eigenvalue weighted by Gasteiger charge is 2.42. The minimum Gasteiger partial charge on any atom is -0.480 e. The van der Waals surface area contributed by atoms with Gasteiger partial charge >= 0.3 is 5.97 Å². The van der Waals surface area contributed by atoms with Gasteiger partial charge in [-0.25, -0.2) is 0 Å². The molecule has 0 aromatic rings. The van der Waals surface area contributed by atoms with Crippen molar-refractivity contribution in [3.63, 3.8) is 0 Å². The van der Waals surface area contributed by atoms with Crippen molar-refractivity contribution in [2.75, 3.05) is 12.8 Å². The van der Waals surface area contributed by atoms with Crippen LogP contribution in [-0.4, -0.2) is 34.7 Å². The number of thioether (sulfide) groups is 1. The number of carboxylic acids is 1. The molecular formula is C11H21NO2S. The summed E-state index contributed by atoms with van der Waals surface area (Å²) in [6.07, 6.45) is 6.78. The molecule has 1 rings (SSSR count). The van der Waals surface area contributed by atoms with Crippen molar-refractivity contribution in [3.8, 4) is 0 Å². The predicted octanol–water partition coefficient (Wildman–Crippen LogP) is 2.11. The summed E-state index contributed by atoms with van der Waals surface area (Å²) in [5, 5.41) is 13.1. The van der Waals surface area contributed by atoms with Gasteiger partial charge in [0.15, 0.2) is 0 Å². The zero-order chi connectivity index (χ0) is 11.3. The Morgan fingerprint density at radius 2 is 2.40 bits per heavy atom. The van der Waals surface area contributed by atoms with E-state index in [1.54, 1.807) is 11.8 Å². The number of nitrogens with one attached hydrogen (secondary N) is 1. The fourth-order valence-electron chi connectivity index (χ4n) is 2.22. The third-order valence-electron chi connectivity index (χ3n) is 3.16. The second-order valence-corrected chi connectivity index (χ2v) is 5.41. The van der Waals surface area contributed by atoms with Crippen molar-refractivity contribution in [3.05, 3.63) is 0 Å². The van der Waals surface area contributed by atoms with E-state index in [0.29, 0.717) is 5.25 Å². The Hall–Kier alpha value is -0.220. The van der Waals surface area contributed by atoms with Crippen molar-refractivity contribution >= 4 is 17.7 Å². The van der Waals surface area contributed by atoms with Crippen LogP contribution in [0.25, 0.3) is 0 Å². The Morgan fingerprint density at radius 1 is 1.67 bits per heavy atom. The molecule has 4 heteroatoms. The zero-order valence-electron chi connectivity index (χ0n) is 9.58. The van der Waals surface area contributed by atoms with Gasteiger partial charge in [-0.1, -0.05) is 6.92 Å². The SMILES string of the molecule is CCCNC1(C(=O)O)CCCC(SC)C1. The Bertz CT molecular complexity index is 223. The largest absolute Gasteiger partial charge is 0.480 e. The average Bonchev–Trinajstić information content (AvgIpc) is 2.26. The van der Waals surface area contributed by atoms with Crippen LogP contribution < -0.4 is 5.32 Å². The summed E-state index contributed by atoms with van der Waals surface area (Å²) in [7, 11) is 0. The van der Waals surface area contributed by atoms with E-state index in [-0.39, 0.29) is 0 Å². The highest BCUT2D eigenvalue weighted by Crippen LogP contribution is 2.34. The van der Waals surface area contributed by atoms with Gasteiger partial charge in [0, 0.05) is 5.25 Å². The van der Waals surface area contributed by atoms with Gasteiger partial charge in [0.05, 0.1) is 0 Å². The molecule has 3 nitrogen and oxygen atoms in total. The van der Waals surface area contributed by atoms with Crippen molar-refractivity contribution in [1.29, 1.82) is 0 Å². The highest BCUT2D eigenvalue weighted by molar-refractivity contribution is 7.99. The van der Waals surface area contributed by atoms with Crippen molar-refractivity contribution in [1.82, 2.24) is 5.32 Å². The third-order valence-corrected chi connectivity index (χ3v) is 4.23. The standard InChI is InChI=1S/C11H21NO2S/c1-3-7-12-11(10(13)14)6-4-5-9(8-11)15-2/h9,12H,3-8H2,1-2H3,(H,13,14). The molecule has 0 aromatic carbocycles. The molecule has 0 heterocycles. The van der Waals surface area contributed by atoms with Crippen LogP contribution in [0.4, 0.5) is 0 Å². The van der Waals surface area contributed by atoms with Crippen LogP contribution >= 0.6 is 11.8 Å². The van der Waals surface area contributed by atoms with Gasteiger partial charge < -0.3 is 10.4 Å². The first-order valence-corrected chi connectivity index (χ1v) is 6.94. The second kappa shape index (κ2) is 5.75. The lowest BCUT2D eigenvalue weighted by Crippen LogP contribution is -2.55. The van der Waals surface area contributed by atoms with Gasteiger partial charge in [0.1, 0.15) is 5.54 Å². The van der Waals surface area contributed by atoms with Crippen LogP contribution in [0.3, 0.4) is 0 Å². The number of aliphatic carboxylic acids is 1. The summed E-state index contributed by atoms with van der Waals surface area (Å²) < 4.78 is 0. The summed E-state index contributed by atoms with van der Waals surface area (Å²) in [5.41, 5.74) is -0.651. The van der Waals surface area contributed by atoms with Gasteiger partial charge in [0.2, 0.25) is 0 Å². The van der Waals surface area contributed by atoms with E-state index in [0.717, 1.165) is 38.6 Å². The molecule has 0 radical (unpaired) electrons. The summed E-state index contributed by atoms with van der Waals surface area (Å²) in [4.78, 5) is 11.4. The average molecular weight is 231 g/mol. The number of hydrogen-bond donors (Lipinski definition) is 2. The van der Waals surface area contributed by atoms with Crippen LogP contribution in [0.2, 0.25) is 0 Å². The lowest BCUT2D eigenvalue weighted by molar-refractivity contribution is -0.146. The molecule has 2 N–H and O–H groups in total. The molecule has 0 bridgehead atoms. The first-order valence-electron chi connectivity index (χ1n) is 5.66. The van der Waals surface area contributed by atoms with E-state index < -0.39 is 11.5 Å². The highest BCUT2D eigenvalue weighted by atomic mass is 32.2. The van der Waals surface area contributed by atoms with Crippen LogP contribution in [0.15, 0.2) is 0 Å². The molecule has 1 aliphatic rings. The lowest BCUT2D eigenvalue weighted by Gasteiger charge is -2.37. The van der Waals surface area contributed by atoms with Gasteiger partial charge in [-0.05, 0) is 44.9 Å². The molecule has 2 atom stereocenters. The van der Waals surface area contributed by atoms with Crippen LogP contribution in [0.5, 0.6) is 0 Å². The first kappa shape index (κ1) is 12.8. The van der Waals surface area contributed by atoms with E-state index in [2.05, 4.69) is 18.5 Å². The van der Waals surface area contributed by atoms with Crippen LogP contribution in [0, 0.1) is 0 Å². The molecule has 0 amide bonds. The molecule has 88 valence electrons. The Kier molecular flexibility index (Phi) is 4.93. The monoisotopic (exact) mass is 231 g/mol. The van der Waals surface area contributed by atoms with E-state index in [1.807, 2.05) is 0 Å². The maximum Gasteiger partial charge on any atom is 0.323 e. The Labute approximate surface area is 96.0 Å². The predicted molar refractivity (Wildman–Crippen MR) is 64.4 cm³/mol. The molecule has 0 aliphatic heterocycles. The molecule has 0 saturated heterocycles. The van der Waals surface area contributed by atoms with E-state index in [1.165, 1.54) is 0 Å². The van der Waals surface area contributed by atoms with E-state index in [4.69, 9.17) is 0 Å². The first-order chi connectivity index (χ1) is 7.14. The molecule has 2 unspecified atom stereocenters. The topological polar surface area (TPSA) is 49.3 Å². The Morgan fingerprint density at radius 3 is 2.93 bits per heavy atom. The fraction of sp³-hybridized carbons (Fsp3) is 0.909. The molecule has 1 aliphatic carbocycles. The molecule has 0 spiro atoms. The zero-order valence-corrected chi connectivity index (χ0v) is 10.4. The van der Waals surface area contributed by atoms with Gasteiger partial charge in [-0.15, -0.1) is 0 Å². The number of hydrogen-bond acceptors (Lipinski definition) is 3. The number of carboxylic acid groups (broad SMARTS) is 1. The summed E-state index contributed by atoms with van der Waals surface area (Å²) in [6, 6.07) is 0. The molecule has 15 heavy (non-hydrogen) atoms. The molecule has 1 saturated carbocycles. The third kappa shape index (κ3) is 3.11. The molecule has 1 fully saturated rings. The van der Waals surface area contributed by atoms with Crippen LogP contribution in [-0.2, 0) is 4.79 Å². The van der Waals surface area contributed by atoms with Crippen molar-refractivity contribution in [2.24, 2.45) is 0 Å². The van der Waals surface area contributed by atoms with Crippen LogP contribution in [0.1, 0.15) is 39.0 Å². The van der Waals surface area contributed by atoms with Gasteiger partial charge in [-0.2, -0.15) is 11.8 Å². The van der Waals surface area contributed by atoms with Gasteiger partial charge in [0.25, 0.3) is 0 Å². The minimum absolute atomic E-state index is 0.499. The normalized spacial score (nSPS) is 31.5. The summed E-state index contributed by atoms with van der Waals surface area (Å²) in [5.74, 6) is -0.672. The quantitative estimate of drug-likeness (QED) is 0.761. The summed E-state index contributed by atoms with van der Waals surface area (Å²) in [6.45, 7) is 2.87. The number of carbonyl (C=O) groups is 1. The molecular weight excluding hydrogens is 210 g/mol.